The van der Waals surface area contributed by atoms with Crippen molar-refractivity contribution >= 4 is 11.5 Å². The zero-order valence-electron chi connectivity index (χ0n) is 20.5. The summed E-state index contributed by atoms with van der Waals surface area (Å²) in [5.74, 6) is -0.193. The predicted octanol–water partition coefficient (Wildman–Crippen LogP) is 5.24. The molecule has 0 saturated carbocycles. The molecule has 154 valence electrons. The van der Waals surface area contributed by atoms with Gasteiger partial charge in [-0.15, -0.1) is 0 Å². The fourth-order valence-electron chi connectivity index (χ4n) is 3.78. The van der Waals surface area contributed by atoms with Gasteiger partial charge in [0.25, 0.3) is 0 Å². The lowest BCUT2D eigenvalue weighted by Crippen LogP contribution is -2.28. The van der Waals surface area contributed by atoms with Crippen LogP contribution in [0.5, 0.6) is 5.75 Å². The third kappa shape index (κ3) is 4.70. The number of ether oxygens (including phenoxy) is 1. The van der Waals surface area contributed by atoms with Crippen LogP contribution in [0.2, 0.25) is 0 Å². The predicted molar refractivity (Wildman–Crippen MR) is 117 cm³/mol. The smallest absolute Gasteiger partial charge is 0.307 e. The second-order valence-electron chi connectivity index (χ2n) is 7.74. The maximum Gasteiger partial charge on any atom is 0.307 e. The molecule has 0 fully saturated rings. The Morgan fingerprint density at radius 3 is 2.79 bits per heavy atom. The number of rotatable bonds is 6. The second kappa shape index (κ2) is 8.83. The molecule has 0 radical (unpaired) electrons. The lowest BCUT2D eigenvalue weighted by atomic mass is 9.89. The lowest BCUT2D eigenvalue weighted by molar-refractivity contribution is -0.136. The van der Waals surface area contributed by atoms with E-state index in [4.69, 9.17) is 8.85 Å². The van der Waals surface area contributed by atoms with Gasteiger partial charge in [0.2, 0.25) is 0 Å². The van der Waals surface area contributed by atoms with Crippen molar-refractivity contribution in [3.63, 3.8) is 0 Å². The van der Waals surface area contributed by atoms with Crippen LogP contribution in [0.4, 0.5) is 0 Å². The molecule has 0 spiro atoms. The number of hydrogen-bond acceptors (Lipinski definition) is 3. The molecule has 2 atom stereocenters. The van der Waals surface area contributed by atoms with Crippen molar-refractivity contribution in [3.8, 4) is 5.75 Å². The number of benzene rings is 2. The number of fused-ring (bicyclic) bond motifs is 2. The Morgan fingerprint density at radius 2 is 2.10 bits per heavy atom. The molecule has 2 unspecified atom stereocenters. The summed E-state index contributed by atoms with van der Waals surface area (Å²) < 4.78 is 29.7. The number of aliphatic carboxylic acids is 1. The minimum atomic E-state index is -2.16. The molecule has 4 nitrogen and oxygen atoms in total. The third-order valence-electron chi connectivity index (χ3n) is 5.46. The van der Waals surface area contributed by atoms with Gasteiger partial charge in [-0.05, 0) is 69.5 Å². The zero-order valence-corrected chi connectivity index (χ0v) is 17.5. The van der Waals surface area contributed by atoms with Crippen LogP contribution in [0.25, 0.3) is 5.57 Å². The van der Waals surface area contributed by atoms with Crippen LogP contribution in [0.1, 0.15) is 65.2 Å². The summed E-state index contributed by atoms with van der Waals surface area (Å²) in [7, 11) is 0. The highest BCUT2D eigenvalue weighted by atomic mass is 16.5. The highest BCUT2D eigenvalue weighted by molar-refractivity contribution is 5.86. The topological polar surface area (TPSA) is 49.8 Å². The SMILES string of the molecule is [2H]C([2H])([2H])N(CC)C(C)C/C=C1\c2cc(CC(=O)O)ccc2OC(C)c2cc(C)ccc21. The van der Waals surface area contributed by atoms with Gasteiger partial charge >= 0.3 is 5.97 Å². The van der Waals surface area contributed by atoms with Gasteiger partial charge in [-0.3, -0.25) is 4.79 Å². The molecule has 0 amide bonds. The van der Waals surface area contributed by atoms with Gasteiger partial charge in [0.05, 0.1) is 6.42 Å². The molecule has 0 aromatic heterocycles. The molecule has 2 aromatic rings. The number of nitrogens with zero attached hydrogens (tertiary/aromatic N) is 1. The zero-order chi connectivity index (χ0) is 23.6. The maximum absolute atomic E-state index is 11.3. The first-order chi connectivity index (χ1) is 15.0. The average Bonchev–Trinajstić information content (AvgIpc) is 2.79. The summed E-state index contributed by atoms with van der Waals surface area (Å²) in [5, 5.41) is 9.26. The lowest BCUT2D eigenvalue weighted by Gasteiger charge is -2.22. The molecular formula is C25H31NO3. The molecule has 4 heteroatoms. The van der Waals surface area contributed by atoms with E-state index in [9.17, 15) is 9.90 Å². The maximum atomic E-state index is 11.3. The molecule has 0 saturated heterocycles. The fraction of sp³-hybridized carbons (Fsp3) is 0.400. The molecule has 29 heavy (non-hydrogen) atoms. The molecule has 0 aliphatic carbocycles. The number of carbonyl (C=O) groups is 1. The Morgan fingerprint density at radius 1 is 1.31 bits per heavy atom. The standard InChI is InChI=1S/C25H31NO3/c1-6-26(5)17(3)8-11-21-20-10-7-16(2)13-22(20)18(4)29-24-12-9-19(14-23(21)24)15-25(27)28/h7,9-14,17-18H,6,8,15H2,1-5H3,(H,27,28)/b21-11-/i5D3. The highest BCUT2D eigenvalue weighted by Crippen LogP contribution is 2.41. The second-order valence-corrected chi connectivity index (χ2v) is 7.74. The van der Waals surface area contributed by atoms with Gasteiger partial charge in [-0.25, -0.2) is 0 Å². The summed E-state index contributed by atoms with van der Waals surface area (Å²) in [4.78, 5) is 12.8. The highest BCUT2D eigenvalue weighted by Gasteiger charge is 2.24. The van der Waals surface area contributed by atoms with Crippen molar-refractivity contribution in [2.75, 3.05) is 13.5 Å². The third-order valence-corrected chi connectivity index (χ3v) is 5.46. The summed E-state index contributed by atoms with van der Waals surface area (Å²) in [6, 6.07) is 11.5. The van der Waals surface area contributed by atoms with Gasteiger partial charge in [0, 0.05) is 21.3 Å². The first-order valence-corrected chi connectivity index (χ1v) is 10.1. The number of aryl methyl sites for hydroxylation is 1. The van der Waals surface area contributed by atoms with Crippen LogP contribution in [-0.2, 0) is 11.2 Å². The van der Waals surface area contributed by atoms with E-state index in [1.165, 1.54) is 4.90 Å². The van der Waals surface area contributed by atoms with E-state index in [-0.39, 0.29) is 18.6 Å². The monoisotopic (exact) mass is 396 g/mol. The minimum Gasteiger partial charge on any atom is -0.485 e. The largest absolute Gasteiger partial charge is 0.485 e. The first kappa shape index (κ1) is 17.3. The van der Waals surface area contributed by atoms with E-state index in [0.29, 0.717) is 24.3 Å². The number of carboxylic acids is 1. The van der Waals surface area contributed by atoms with E-state index in [1.807, 2.05) is 39.8 Å². The Balaban J connectivity index is 2.13. The van der Waals surface area contributed by atoms with Crippen molar-refractivity contribution in [2.24, 2.45) is 0 Å². The molecular weight excluding hydrogens is 362 g/mol. The van der Waals surface area contributed by atoms with Crippen LogP contribution < -0.4 is 4.74 Å². The Bertz CT molecular complexity index is 1030. The van der Waals surface area contributed by atoms with Crippen LogP contribution in [0, 0.1) is 6.92 Å². The van der Waals surface area contributed by atoms with Gasteiger partial charge in [0.1, 0.15) is 11.9 Å². The normalized spacial score (nSPS) is 20.0. The first-order valence-electron chi connectivity index (χ1n) is 11.6. The summed E-state index contributed by atoms with van der Waals surface area (Å²) >= 11 is 0. The molecule has 0 bridgehead atoms. The molecule has 2 aromatic carbocycles. The quantitative estimate of drug-likeness (QED) is 0.726. The van der Waals surface area contributed by atoms with Gasteiger partial charge in [0.15, 0.2) is 0 Å². The minimum absolute atomic E-state index is 0.0735. The van der Waals surface area contributed by atoms with Crippen LogP contribution >= 0.6 is 0 Å². The van der Waals surface area contributed by atoms with Crippen LogP contribution in [-0.4, -0.2) is 35.5 Å². The van der Waals surface area contributed by atoms with E-state index >= 15 is 0 Å². The van der Waals surface area contributed by atoms with Crippen molar-refractivity contribution in [1.29, 1.82) is 0 Å². The molecule has 3 rings (SSSR count). The Hall–Kier alpha value is -2.59. The molecule has 1 aliphatic heterocycles. The van der Waals surface area contributed by atoms with E-state index in [0.717, 1.165) is 27.8 Å². The molecule has 1 aliphatic rings. The summed E-state index contributed by atoms with van der Waals surface area (Å²) in [6.45, 7) is 6.08. The number of hydrogen-bond donors (Lipinski definition) is 1. The van der Waals surface area contributed by atoms with Gasteiger partial charge < -0.3 is 14.7 Å². The Kier molecular flexibility index (Phi) is 5.26. The van der Waals surface area contributed by atoms with E-state index < -0.39 is 12.9 Å². The number of carboxylic acid groups (broad SMARTS) is 1. The van der Waals surface area contributed by atoms with Gasteiger partial charge in [-0.1, -0.05) is 42.8 Å². The summed E-state index contributed by atoms with van der Waals surface area (Å²) in [5.41, 5.74) is 5.69. The molecule has 1 heterocycles. The van der Waals surface area contributed by atoms with Crippen molar-refractivity contribution in [3.05, 3.63) is 70.3 Å². The molecule has 1 N–H and O–H groups in total. The van der Waals surface area contributed by atoms with Crippen molar-refractivity contribution in [1.82, 2.24) is 4.90 Å². The van der Waals surface area contributed by atoms with E-state index in [2.05, 4.69) is 24.3 Å². The van der Waals surface area contributed by atoms with Gasteiger partial charge in [-0.2, -0.15) is 0 Å². The van der Waals surface area contributed by atoms with Crippen molar-refractivity contribution < 1.29 is 18.8 Å². The van der Waals surface area contributed by atoms with Crippen molar-refractivity contribution in [2.45, 2.75) is 52.7 Å². The fourth-order valence-corrected chi connectivity index (χ4v) is 3.78. The summed E-state index contributed by atoms with van der Waals surface area (Å²) in [6.07, 6.45) is 2.35. The van der Waals surface area contributed by atoms with E-state index in [1.54, 1.807) is 6.07 Å². The van der Waals surface area contributed by atoms with Crippen LogP contribution in [0.15, 0.2) is 42.5 Å². The van der Waals surface area contributed by atoms with Crippen LogP contribution in [0.3, 0.4) is 0 Å². The Labute approximate surface area is 178 Å². The average molecular weight is 397 g/mol.